The fourth-order valence-electron chi connectivity index (χ4n) is 2.46. The van der Waals surface area contributed by atoms with Gasteiger partial charge < -0.3 is 20.1 Å². The van der Waals surface area contributed by atoms with Crippen LogP contribution < -0.4 is 5.32 Å². The summed E-state index contributed by atoms with van der Waals surface area (Å²) in [5.41, 5.74) is 0.554. The minimum Gasteiger partial charge on any atom is -0.479 e. The van der Waals surface area contributed by atoms with Crippen molar-refractivity contribution in [3.05, 3.63) is 35.9 Å². The molecule has 0 saturated carbocycles. The van der Waals surface area contributed by atoms with Crippen LogP contribution in [0.25, 0.3) is 0 Å². The number of hydrogen-bond acceptors (Lipinski definition) is 3. The van der Waals surface area contributed by atoms with Gasteiger partial charge in [0.1, 0.15) is 0 Å². The molecule has 0 bridgehead atoms. The maximum atomic E-state index is 12.2. The molecule has 1 fully saturated rings. The van der Waals surface area contributed by atoms with Gasteiger partial charge in [0.2, 0.25) is 0 Å². The number of carboxylic acid groups (broad SMARTS) is 1. The zero-order valence-electron chi connectivity index (χ0n) is 12.0. The molecule has 0 aliphatic carbocycles. The van der Waals surface area contributed by atoms with Gasteiger partial charge in [0, 0.05) is 20.2 Å². The average Bonchev–Trinajstić information content (AvgIpc) is 2.53. The number of rotatable bonds is 4. The average molecular weight is 292 g/mol. The number of amides is 2. The van der Waals surface area contributed by atoms with Crippen molar-refractivity contribution >= 4 is 12.0 Å². The number of likely N-dealkylation sites (tertiary alicyclic amines) is 1. The second kappa shape index (κ2) is 7.08. The molecule has 6 nitrogen and oxygen atoms in total. The van der Waals surface area contributed by atoms with Gasteiger partial charge in [0.05, 0.1) is 6.10 Å². The van der Waals surface area contributed by atoms with Gasteiger partial charge in [-0.25, -0.2) is 9.59 Å². The molecular formula is C15H20N2O4. The van der Waals surface area contributed by atoms with E-state index in [0.717, 1.165) is 12.8 Å². The predicted molar refractivity (Wildman–Crippen MR) is 77.0 cm³/mol. The van der Waals surface area contributed by atoms with Crippen LogP contribution in [0.3, 0.4) is 0 Å². The molecule has 1 aromatic rings. The summed E-state index contributed by atoms with van der Waals surface area (Å²) in [5, 5.41) is 11.9. The first-order valence-corrected chi connectivity index (χ1v) is 6.98. The summed E-state index contributed by atoms with van der Waals surface area (Å²) in [7, 11) is 1.62. The third-order valence-electron chi connectivity index (χ3n) is 3.65. The topological polar surface area (TPSA) is 78.9 Å². The van der Waals surface area contributed by atoms with E-state index in [0.29, 0.717) is 18.7 Å². The van der Waals surface area contributed by atoms with E-state index in [4.69, 9.17) is 4.74 Å². The Morgan fingerprint density at radius 2 is 2.10 bits per heavy atom. The van der Waals surface area contributed by atoms with Crippen LogP contribution in [0.2, 0.25) is 0 Å². The first-order valence-electron chi connectivity index (χ1n) is 6.98. The van der Waals surface area contributed by atoms with E-state index in [9.17, 15) is 14.7 Å². The van der Waals surface area contributed by atoms with Crippen LogP contribution in [0.15, 0.2) is 30.3 Å². The third-order valence-corrected chi connectivity index (χ3v) is 3.65. The normalized spacial score (nSPS) is 19.9. The zero-order valence-corrected chi connectivity index (χ0v) is 12.0. The number of carbonyl (C=O) groups is 2. The maximum Gasteiger partial charge on any atom is 0.330 e. The molecule has 1 aliphatic heterocycles. The van der Waals surface area contributed by atoms with Crippen molar-refractivity contribution in [1.82, 2.24) is 10.2 Å². The van der Waals surface area contributed by atoms with Gasteiger partial charge in [-0.15, -0.1) is 0 Å². The number of carbonyl (C=O) groups excluding carboxylic acids is 1. The summed E-state index contributed by atoms with van der Waals surface area (Å²) in [5.74, 6) is -1.07. The Kier molecular flexibility index (Phi) is 5.16. The lowest BCUT2D eigenvalue weighted by atomic mass is 10.1. The molecule has 1 saturated heterocycles. The Morgan fingerprint density at radius 1 is 1.38 bits per heavy atom. The minimum absolute atomic E-state index is 0.0181. The summed E-state index contributed by atoms with van der Waals surface area (Å²) in [6, 6.07) is 7.27. The number of piperidine rings is 1. The highest BCUT2D eigenvalue weighted by atomic mass is 16.5. The van der Waals surface area contributed by atoms with Gasteiger partial charge in [0.15, 0.2) is 6.04 Å². The van der Waals surface area contributed by atoms with Gasteiger partial charge in [-0.05, 0) is 18.4 Å². The van der Waals surface area contributed by atoms with Crippen molar-refractivity contribution in [3.8, 4) is 0 Å². The van der Waals surface area contributed by atoms with Crippen molar-refractivity contribution < 1.29 is 19.4 Å². The van der Waals surface area contributed by atoms with Crippen molar-refractivity contribution in [3.63, 3.8) is 0 Å². The molecule has 0 spiro atoms. The standard InChI is InChI=1S/C15H20N2O4/c1-21-12-8-5-9-17(10-12)15(20)16-13(14(18)19)11-6-3-2-4-7-11/h2-4,6-7,12-13H,5,8-10H2,1H3,(H,16,20)(H,18,19)/t12?,13-/m1/s1. The van der Waals surface area contributed by atoms with Crippen LogP contribution >= 0.6 is 0 Å². The summed E-state index contributed by atoms with van der Waals surface area (Å²) in [6.45, 7) is 1.11. The highest BCUT2D eigenvalue weighted by Crippen LogP contribution is 2.16. The van der Waals surface area contributed by atoms with Gasteiger partial charge in [-0.1, -0.05) is 30.3 Å². The van der Waals surface area contributed by atoms with Crippen molar-refractivity contribution in [1.29, 1.82) is 0 Å². The van der Waals surface area contributed by atoms with Crippen LogP contribution in [0, 0.1) is 0 Å². The van der Waals surface area contributed by atoms with Crippen LogP contribution in [-0.4, -0.2) is 48.3 Å². The molecule has 0 aromatic heterocycles. The monoisotopic (exact) mass is 292 g/mol. The Labute approximate surface area is 123 Å². The Morgan fingerprint density at radius 3 is 2.71 bits per heavy atom. The number of carboxylic acids is 1. The highest BCUT2D eigenvalue weighted by molar-refractivity contribution is 5.83. The lowest BCUT2D eigenvalue weighted by molar-refractivity contribution is -0.139. The predicted octanol–water partition coefficient (Wildman–Crippen LogP) is 1.63. The zero-order chi connectivity index (χ0) is 15.2. The van der Waals surface area contributed by atoms with E-state index < -0.39 is 12.0 Å². The molecule has 1 aliphatic rings. The molecule has 1 unspecified atom stereocenters. The maximum absolute atomic E-state index is 12.2. The van der Waals surface area contributed by atoms with E-state index in [1.165, 1.54) is 0 Å². The lowest BCUT2D eigenvalue weighted by Gasteiger charge is -2.32. The first kappa shape index (κ1) is 15.3. The number of ether oxygens (including phenoxy) is 1. The summed E-state index contributed by atoms with van der Waals surface area (Å²) >= 11 is 0. The van der Waals surface area contributed by atoms with E-state index in [2.05, 4.69) is 5.32 Å². The smallest absolute Gasteiger partial charge is 0.330 e. The van der Waals surface area contributed by atoms with Crippen LogP contribution in [0.1, 0.15) is 24.4 Å². The quantitative estimate of drug-likeness (QED) is 0.884. The number of methoxy groups -OCH3 is 1. The molecule has 0 radical (unpaired) electrons. The molecule has 21 heavy (non-hydrogen) atoms. The highest BCUT2D eigenvalue weighted by Gasteiger charge is 2.28. The number of nitrogens with one attached hydrogen (secondary N) is 1. The fourth-order valence-corrected chi connectivity index (χ4v) is 2.46. The Bertz CT molecular complexity index is 492. The van der Waals surface area contributed by atoms with Crippen LogP contribution in [0.5, 0.6) is 0 Å². The molecule has 2 atom stereocenters. The summed E-state index contributed by atoms with van der Waals surface area (Å²) in [6.07, 6.45) is 1.79. The number of urea groups is 1. The SMILES string of the molecule is COC1CCCN(C(=O)N[C@@H](C(=O)O)c2ccccc2)C1. The number of nitrogens with zero attached hydrogens (tertiary/aromatic N) is 1. The second-order valence-corrected chi connectivity index (χ2v) is 5.08. The van der Waals surface area contributed by atoms with Crippen LogP contribution in [-0.2, 0) is 9.53 Å². The second-order valence-electron chi connectivity index (χ2n) is 5.08. The van der Waals surface area contributed by atoms with Gasteiger partial charge in [0.25, 0.3) is 0 Å². The fraction of sp³-hybridized carbons (Fsp3) is 0.467. The van der Waals surface area contributed by atoms with Gasteiger partial charge in [-0.3, -0.25) is 0 Å². The first-order chi connectivity index (χ1) is 10.1. The van der Waals surface area contributed by atoms with E-state index in [-0.39, 0.29) is 12.1 Å². The van der Waals surface area contributed by atoms with E-state index >= 15 is 0 Å². The van der Waals surface area contributed by atoms with Gasteiger partial charge >= 0.3 is 12.0 Å². The number of benzene rings is 1. The van der Waals surface area contributed by atoms with Crippen molar-refractivity contribution in [2.75, 3.05) is 20.2 Å². The molecular weight excluding hydrogens is 272 g/mol. The minimum atomic E-state index is -1.07. The summed E-state index contributed by atoms with van der Waals surface area (Å²) in [4.78, 5) is 25.2. The molecule has 2 rings (SSSR count). The summed E-state index contributed by atoms with van der Waals surface area (Å²) < 4.78 is 5.27. The van der Waals surface area contributed by atoms with Crippen LogP contribution in [0.4, 0.5) is 4.79 Å². The number of aliphatic carboxylic acids is 1. The Hall–Kier alpha value is -2.08. The lowest BCUT2D eigenvalue weighted by Crippen LogP contribution is -2.49. The van der Waals surface area contributed by atoms with Gasteiger partial charge in [-0.2, -0.15) is 0 Å². The molecule has 2 N–H and O–H groups in total. The molecule has 6 heteroatoms. The molecule has 114 valence electrons. The third kappa shape index (κ3) is 3.95. The largest absolute Gasteiger partial charge is 0.479 e. The molecule has 2 amide bonds. The van der Waals surface area contributed by atoms with Crippen molar-refractivity contribution in [2.24, 2.45) is 0 Å². The van der Waals surface area contributed by atoms with Crippen molar-refractivity contribution in [2.45, 2.75) is 25.0 Å². The van der Waals surface area contributed by atoms with E-state index in [1.807, 2.05) is 0 Å². The number of hydrogen-bond donors (Lipinski definition) is 2. The molecule has 1 aromatic carbocycles. The van der Waals surface area contributed by atoms with E-state index in [1.54, 1.807) is 42.3 Å². The molecule has 1 heterocycles. The Balaban J connectivity index is 2.03.